The molecule has 1 aromatic rings. The molecule has 0 spiro atoms. The maximum atomic E-state index is 12.0. The third kappa shape index (κ3) is 2.85. The molecule has 2 amide bonds. The van der Waals surface area contributed by atoms with Crippen molar-refractivity contribution in [2.75, 3.05) is 19.4 Å². The second kappa shape index (κ2) is 5.37. The number of hydrogen-bond donors (Lipinski definition) is 2. The molecule has 1 aromatic carbocycles. The average Bonchev–Trinajstić information content (AvgIpc) is 3.21. The van der Waals surface area contributed by atoms with Crippen LogP contribution < -0.4 is 5.32 Å². The Morgan fingerprint density at radius 1 is 1.29 bits per heavy atom. The zero-order chi connectivity index (χ0) is 15.8. The van der Waals surface area contributed by atoms with E-state index in [2.05, 4.69) is 5.32 Å². The Hall–Kier alpha value is -2.08. The number of aliphatic carboxylic acids is 1. The van der Waals surface area contributed by atoms with Crippen LogP contribution in [0.5, 0.6) is 0 Å². The highest BCUT2D eigenvalue weighted by Gasteiger charge is 2.57. The Balaban J connectivity index is 2.22. The van der Waals surface area contributed by atoms with E-state index in [9.17, 15) is 14.4 Å². The van der Waals surface area contributed by atoms with Gasteiger partial charge in [-0.15, -0.1) is 0 Å². The number of nitrogens with zero attached hydrogens (tertiary/aromatic N) is 1. The number of hydrogen-bond acceptors (Lipinski definition) is 3. The molecule has 0 aromatic heterocycles. The Morgan fingerprint density at radius 3 is 2.38 bits per heavy atom. The number of rotatable bonds is 4. The van der Waals surface area contributed by atoms with Crippen LogP contribution >= 0.6 is 11.6 Å². The van der Waals surface area contributed by atoms with Crippen molar-refractivity contribution in [1.82, 2.24) is 4.90 Å². The van der Waals surface area contributed by atoms with Crippen LogP contribution in [0.15, 0.2) is 18.2 Å². The summed E-state index contributed by atoms with van der Waals surface area (Å²) in [6, 6.07) is 4.47. The van der Waals surface area contributed by atoms with Crippen molar-refractivity contribution < 1.29 is 19.5 Å². The van der Waals surface area contributed by atoms with Gasteiger partial charge >= 0.3 is 5.97 Å². The van der Waals surface area contributed by atoms with E-state index in [4.69, 9.17) is 16.7 Å². The molecule has 2 rings (SSSR count). The topological polar surface area (TPSA) is 86.7 Å². The molecular formula is C14H15ClN2O4. The zero-order valence-electron chi connectivity index (χ0n) is 11.6. The molecule has 2 N–H and O–H groups in total. The second-order valence-electron chi connectivity index (χ2n) is 5.24. The van der Waals surface area contributed by atoms with Gasteiger partial charge in [0.15, 0.2) is 0 Å². The highest BCUT2D eigenvalue weighted by atomic mass is 35.5. The molecule has 112 valence electrons. The number of carbonyl (C=O) groups is 3. The zero-order valence-corrected chi connectivity index (χ0v) is 12.4. The largest absolute Gasteiger partial charge is 0.480 e. The quantitative estimate of drug-likeness (QED) is 0.831. The van der Waals surface area contributed by atoms with Gasteiger partial charge in [-0.05, 0) is 31.0 Å². The molecule has 0 bridgehead atoms. The summed E-state index contributed by atoms with van der Waals surface area (Å²) in [6.07, 6.45) is 0.649. The monoisotopic (exact) mass is 310 g/mol. The third-order valence-electron chi connectivity index (χ3n) is 3.45. The van der Waals surface area contributed by atoms with Crippen molar-refractivity contribution >= 4 is 35.1 Å². The summed E-state index contributed by atoms with van der Waals surface area (Å²) < 4.78 is 0. The van der Waals surface area contributed by atoms with E-state index >= 15 is 0 Å². The first-order valence-electron chi connectivity index (χ1n) is 6.34. The minimum absolute atomic E-state index is 0.250. The fraction of sp³-hybridized carbons (Fsp3) is 0.357. The van der Waals surface area contributed by atoms with E-state index in [1.807, 2.05) is 0 Å². The molecule has 7 heteroatoms. The van der Waals surface area contributed by atoms with Crippen molar-refractivity contribution in [2.45, 2.75) is 12.8 Å². The molecule has 0 heterocycles. The summed E-state index contributed by atoms with van der Waals surface area (Å²) >= 11 is 5.97. The van der Waals surface area contributed by atoms with Crippen molar-refractivity contribution in [2.24, 2.45) is 5.41 Å². The smallest absolute Gasteiger partial charge is 0.319 e. The Kier molecular flexibility index (Phi) is 3.91. The highest BCUT2D eigenvalue weighted by molar-refractivity contribution is 6.34. The van der Waals surface area contributed by atoms with E-state index < -0.39 is 17.3 Å². The van der Waals surface area contributed by atoms with E-state index in [1.165, 1.54) is 23.1 Å². The predicted molar refractivity (Wildman–Crippen MR) is 77.4 cm³/mol. The van der Waals surface area contributed by atoms with Gasteiger partial charge in [0.05, 0.1) is 10.6 Å². The number of anilines is 1. The van der Waals surface area contributed by atoms with Crippen LogP contribution in [0, 0.1) is 5.41 Å². The van der Waals surface area contributed by atoms with Crippen molar-refractivity contribution in [3.63, 3.8) is 0 Å². The number of amides is 2. The first kappa shape index (κ1) is 15.3. The first-order valence-corrected chi connectivity index (χ1v) is 6.72. The molecule has 0 unspecified atom stereocenters. The highest BCUT2D eigenvalue weighted by Crippen LogP contribution is 2.46. The molecule has 1 saturated carbocycles. The molecular weight excluding hydrogens is 296 g/mol. The fourth-order valence-electron chi connectivity index (χ4n) is 1.92. The molecule has 0 radical (unpaired) electrons. The van der Waals surface area contributed by atoms with E-state index in [0.29, 0.717) is 18.5 Å². The Labute approximate surface area is 126 Å². The lowest BCUT2D eigenvalue weighted by Crippen LogP contribution is -2.31. The van der Waals surface area contributed by atoms with Gasteiger partial charge in [0.25, 0.3) is 5.91 Å². The molecule has 0 atom stereocenters. The van der Waals surface area contributed by atoms with Crippen molar-refractivity contribution in [3.8, 4) is 0 Å². The van der Waals surface area contributed by atoms with Gasteiger partial charge < -0.3 is 15.3 Å². The van der Waals surface area contributed by atoms with Crippen molar-refractivity contribution in [1.29, 1.82) is 0 Å². The van der Waals surface area contributed by atoms with Crippen LogP contribution in [-0.4, -0.2) is 41.9 Å². The maximum absolute atomic E-state index is 12.0. The first-order chi connectivity index (χ1) is 9.78. The normalized spacial score (nSPS) is 15.2. The molecule has 1 aliphatic carbocycles. The molecule has 1 fully saturated rings. The van der Waals surface area contributed by atoms with Gasteiger partial charge in [-0.25, -0.2) is 0 Å². The van der Waals surface area contributed by atoms with Crippen LogP contribution in [0.4, 0.5) is 5.69 Å². The summed E-state index contributed by atoms with van der Waals surface area (Å²) in [5.41, 5.74) is -0.729. The molecule has 0 aliphatic heterocycles. The summed E-state index contributed by atoms with van der Waals surface area (Å²) in [4.78, 5) is 36.4. The van der Waals surface area contributed by atoms with E-state index in [0.717, 1.165) is 0 Å². The van der Waals surface area contributed by atoms with Gasteiger partial charge in [0, 0.05) is 19.8 Å². The summed E-state index contributed by atoms with van der Waals surface area (Å²) in [6.45, 7) is 0. The Bertz CT molecular complexity index is 623. The fourth-order valence-corrected chi connectivity index (χ4v) is 2.12. The van der Waals surface area contributed by atoms with Gasteiger partial charge in [-0.3, -0.25) is 14.4 Å². The molecule has 21 heavy (non-hydrogen) atoms. The van der Waals surface area contributed by atoms with Crippen molar-refractivity contribution in [3.05, 3.63) is 28.8 Å². The SMILES string of the molecule is CN(C)C(=O)c1cc(NC(=O)C2(C(=O)O)CC2)ccc1Cl. The third-order valence-corrected chi connectivity index (χ3v) is 3.78. The van der Waals surface area contributed by atoms with Crippen LogP contribution in [0.3, 0.4) is 0 Å². The van der Waals surface area contributed by atoms with Gasteiger partial charge in [0.2, 0.25) is 5.91 Å². The lowest BCUT2D eigenvalue weighted by molar-refractivity contribution is -0.147. The van der Waals surface area contributed by atoms with Gasteiger partial charge in [0.1, 0.15) is 5.41 Å². The van der Waals surface area contributed by atoms with Crippen LogP contribution in [-0.2, 0) is 9.59 Å². The van der Waals surface area contributed by atoms with Crippen LogP contribution in [0.2, 0.25) is 5.02 Å². The minimum Gasteiger partial charge on any atom is -0.480 e. The molecule has 6 nitrogen and oxygen atoms in total. The van der Waals surface area contributed by atoms with Crippen LogP contribution in [0.25, 0.3) is 0 Å². The summed E-state index contributed by atoms with van der Waals surface area (Å²) in [5, 5.41) is 11.9. The van der Waals surface area contributed by atoms with E-state index in [-0.39, 0.29) is 16.5 Å². The van der Waals surface area contributed by atoms with E-state index in [1.54, 1.807) is 14.1 Å². The summed E-state index contributed by atoms with van der Waals surface area (Å²) in [5.74, 6) is -1.99. The molecule has 0 saturated heterocycles. The standard InChI is InChI=1S/C14H15ClN2O4/c1-17(2)11(18)9-7-8(3-4-10(9)15)16-12(19)14(5-6-14)13(20)21/h3-4,7H,5-6H2,1-2H3,(H,16,19)(H,20,21). The lowest BCUT2D eigenvalue weighted by Gasteiger charge is -2.14. The van der Waals surface area contributed by atoms with Gasteiger partial charge in [-0.1, -0.05) is 11.6 Å². The number of carbonyl (C=O) groups excluding carboxylic acids is 2. The second-order valence-corrected chi connectivity index (χ2v) is 5.64. The molecule has 1 aliphatic rings. The number of halogens is 1. The predicted octanol–water partition coefficient (Wildman–Crippen LogP) is 1.85. The number of carboxylic acid groups (broad SMARTS) is 1. The maximum Gasteiger partial charge on any atom is 0.319 e. The van der Waals surface area contributed by atoms with Crippen LogP contribution in [0.1, 0.15) is 23.2 Å². The number of benzene rings is 1. The Morgan fingerprint density at radius 2 is 1.90 bits per heavy atom. The average molecular weight is 311 g/mol. The minimum atomic E-state index is -1.33. The van der Waals surface area contributed by atoms with Gasteiger partial charge in [-0.2, -0.15) is 0 Å². The number of nitrogens with one attached hydrogen (secondary N) is 1. The summed E-state index contributed by atoms with van der Waals surface area (Å²) in [7, 11) is 3.18. The lowest BCUT2D eigenvalue weighted by atomic mass is 10.1. The number of carboxylic acids is 1.